The van der Waals surface area contributed by atoms with E-state index in [1.54, 1.807) is 0 Å². The molecule has 0 aromatic heterocycles. The molecule has 64 valence electrons. The maximum Gasteiger partial charge on any atom is 0.179 e. The molecule has 0 atom stereocenters. The van der Waals surface area contributed by atoms with Crippen molar-refractivity contribution in [3.05, 3.63) is 0 Å². The van der Waals surface area contributed by atoms with E-state index >= 15 is 0 Å². The summed E-state index contributed by atoms with van der Waals surface area (Å²) < 4.78 is 0. The van der Waals surface area contributed by atoms with E-state index in [0.29, 0.717) is 0 Å². The van der Waals surface area contributed by atoms with Gasteiger partial charge in [0.15, 0.2) is 5.11 Å². The number of nitrogens with one attached hydrogen (secondary N) is 2. The first-order valence-corrected chi connectivity index (χ1v) is 4.26. The van der Waals surface area contributed by atoms with Crippen LogP contribution in [0.2, 0.25) is 0 Å². The van der Waals surface area contributed by atoms with Gasteiger partial charge in [-0.1, -0.05) is 6.42 Å². The summed E-state index contributed by atoms with van der Waals surface area (Å²) >= 11 is 4.64. The summed E-state index contributed by atoms with van der Waals surface area (Å²) in [6.45, 7) is 2.13. The number of rotatable bonds is 2. The van der Waals surface area contributed by atoms with Gasteiger partial charge in [0.25, 0.3) is 0 Å². The SMILES string of the molecule is NC(=S)NNN1CCCCC1. The summed E-state index contributed by atoms with van der Waals surface area (Å²) in [7, 11) is 0. The molecule has 0 aromatic rings. The van der Waals surface area contributed by atoms with E-state index in [1.165, 1.54) is 19.3 Å². The Labute approximate surface area is 72.1 Å². The molecule has 4 N–H and O–H groups in total. The van der Waals surface area contributed by atoms with Gasteiger partial charge in [-0.25, -0.2) is 5.01 Å². The van der Waals surface area contributed by atoms with Gasteiger partial charge in [-0.15, -0.1) is 0 Å². The van der Waals surface area contributed by atoms with Gasteiger partial charge in [-0.2, -0.15) is 5.53 Å². The Hall–Kier alpha value is -0.390. The topological polar surface area (TPSA) is 53.3 Å². The molecule has 11 heavy (non-hydrogen) atoms. The molecule has 1 saturated heterocycles. The standard InChI is InChI=1S/C6H14N4S/c7-6(11)8-9-10-4-2-1-3-5-10/h9H,1-5H2,(H3,7,8,11). The van der Waals surface area contributed by atoms with Gasteiger partial charge in [-0.3, -0.25) is 5.43 Å². The summed E-state index contributed by atoms with van der Waals surface area (Å²) in [6, 6.07) is 0. The fraction of sp³-hybridized carbons (Fsp3) is 0.833. The highest BCUT2D eigenvalue weighted by Crippen LogP contribution is 2.04. The summed E-state index contributed by atoms with van der Waals surface area (Å²) in [5.41, 5.74) is 10.9. The van der Waals surface area contributed by atoms with Crippen LogP contribution in [0.3, 0.4) is 0 Å². The minimum absolute atomic E-state index is 0.288. The van der Waals surface area contributed by atoms with E-state index in [0.717, 1.165) is 13.1 Å². The summed E-state index contributed by atoms with van der Waals surface area (Å²) in [4.78, 5) is 0. The Bertz CT molecular complexity index is 133. The lowest BCUT2D eigenvalue weighted by atomic mass is 10.2. The summed E-state index contributed by atoms with van der Waals surface area (Å²) in [6.07, 6.45) is 3.81. The molecule has 1 rings (SSSR count). The average Bonchev–Trinajstić information content (AvgIpc) is 2.03. The Morgan fingerprint density at radius 2 is 1.91 bits per heavy atom. The molecule has 4 nitrogen and oxygen atoms in total. The van der Waals surface area contributed by atoms with Crippen molar-refractivity contribution in [3.8, 4) is 0 Å². The van der Waals surface area contributed by atoms with Crippen LogP contribution in [0.5, 0.6) is 0 Å². The Balaban J connectivity index is 2.09. The van der Waals surface area contributed by atoms with Gasteiger partial charge >= 0.3 is 0 Å². The molecule has 0 amide bonds. The molecule has 0 spiro atoms. The van der Waals surface area contributed by atoms with E-state index < -0.39 is 0 Å². The smallest absolute Gasteiger partial charge is 0.179 e. The third-order valence-corrected chi connectivity index (χ3v) is 1.80. The molecular formula is C6H14N4S. The lowest BCUT2D eigenvalue weighted by Crippen LogP contribution is -2.52. The molecule has 5 heteroatoms. The molecule has 0 bridgehead atoms. The minimum atomic E-state index is 0.288. The zero-order chi connectivity index (χ0) is 8.10. The first-order valence-electron chi connectivity index (χ1n) is 3.85. The van der Waals surface area contributed by atoms with Crippen molar-refractivity contribution in [2.24, 2.45) is 5.73 Å². The van der Waals surface area contributed by atoms with Crippen molar-refractivity contribution < 1.29 is 0 Å². The van der Waals surface area contributed by atoms with Gasteiger partial charge in [0, 0.05) is 13.1 Å². The van der Waals surface area contributed by atoms with E-state index in [2.05, 4.69) is 28.2 Å². The van der Waals surface area contributed by atoms with Crippen molar-refractivity contribution in [1.29, 1.82) is 0 Å². The third kappa shape index (κ3) is 3.50. The van der Waals surface area contributed by atoms with Crippen LogP contribution in [0.4, 0.5) is 0 Å². The Kier molecular flexibility index (Phi) is 3.55. The Morgan fingerprint density at radius 3 is 2.45 bits per heavy atom. The number of hydrazine groups is 2. The molecule has 1 aliphatic rings. The number of thiocarbonyl (C=S) groups is 1. The first-order chi connectivity index (χ1) is 5.29. The zero-order valence-corrected chi connectivity index (χ0v) is 7.28. The van der Waals surface area contributed by atoms with Crippen LogP contribution < -0.4 is 16.7 Å². The number of nitrogens with two attached hydrogens (primary N) is 1. The quantitative estimate of drug-likeness (QED) is 0.397. The van der Waals surface area contributed by atoms with E-state index in [9.17, 15) is 0 Å². The van der Waals surface area contributed by atoms with Crippen molar-refractivity contribution in [3.63, 3.8) is 0 Å². The zero-order valence-electron chi connectivity index (χ0n) is 6.47. The molecule has 0 saturated carbocycles. The number of hydrogen-bond acceptors (Lipinski definition) is 3. The summed E-state index contributed by atoms with van der Waals surface area (Å²) in [5.74, 6) is 0. The van der Waals surface area contributed by atoms with Crippen LogP contribution in [0.15, 0.2) is 0 Å². The van der Waals surface area contributed by atoms with Crippen LogP contribution >= 0.6 is 12.2 Å². The number of nitrogens with zero attached hydrogens (tertiary/aromatic N) is 1. The molecule has 0 aromatic carbocycles. The van der Waals surface area contributed by atoms with Crippen LogP contribution in [0, 0.1) is 0 Å². The minimum Gasteiger partial charge on any atom is -0.375 e. The van der Waals surface area contributed by atoms with Crippen LogP contribution in [0.25, 0.3) is 0 Å². The predicted molar refractivity (Wildman–Crippen MR) is 48.5 cm³/mol. The molecule has 1 aliphatic heterocycles. The molecule has 1 fully saturated rings. The monoisotopic (exact) mass is 174 g/mol. The highest BCUT2D eigenvalue weighted by Gasteiger charge is 2.08. The third-order valence-electron chi connectivity index (χ3n) is 1.69. The highest BCUT2D eigenvalue weighted by atomic mass is 32.1. The predicted octanol–water partition coefficient (Wildman–Crippen LogP) is -0.275. The van der Waals surface area contributed by atoms with E-state index in [4.69, 9.17) is 5.73 Å². The molecule has 1 heterocycles. The second-order valence-electron chi connectivity index (χ2n) is 2.65. The van der Waals surface area contributed by atoms with Gasteiger partial charge in [0.1, 0.15) is 0 Å². The van der Waals surface area contributed by atoms with Gasteiger partial charge in [0.2, 0.25) is 0 Å². The maximum atomic E-state index is 5.24. The van der Waals surface area contributed by atoms with Crippen molar-refractivity contribution in [1.82, 2.24) is 16.0 Å². The van der Waals surface area contributed by atoms with Gasteiger partial charge < -0.3 is 5.73 Å². The van der Waals surface area contributed by atoms with Crippen LogP contribution in [0.1, 0.15) is 19.3 Å². The first kappa shape index (κ1) is 8.70. The highest BCUT2D eigenvalue weighted by molar-refractivity contribution is 7.80. The number of piperidine rings is 1. The lowest BCUT2D eigenvalue weighted by Gasteiger charge is -2.26. The van der Waals surface area contributed by atoms with Crippen molar-refractivity contribution >= 4 is 17.3 Å². The summed E-state index contributed by atoms with van der Waals surface area (Å²) in [5, 5.41) is 2.37. The van der Waals surface area contributed by atoms with Crippen molar-refractivity contribution in [2.45, 2.75) is 19.3 Å². The van der Waals surface area contributed by atoms with Crippen LogP contribution in [-0.2, 0) is 0 Å². The number of hydrogen-bond donors (Lipinski definition) is 3. The molecule has 0 aliphatic carbocycles. The maximum absolute atomic E-state index is 5.24. The second kappa shape index (κ2) is 4.48. The fourth-order valence-electron chi connectivity index (χ4n) is 1.14. The Morgan fingerprint density at radius 1 is 1.27 bits per heavy atom. The van der Waals surface area contributed by atoms with Gasteiger partial charge in [-0.05, 0) is 25.1 Å². The second-order valence-corrected chi connectivity index (χ2v) is 3.09. The van der Waals surface area contributed by atoms with E-state index in [-0.39, 0.29) is 5.11 Å². The van der Waals surface area contributed by atoms with E-state index in [1.807, 2.05) is 0 Å². The fourth-order valence-corrected chi connectivity index (χ4v) is 1.19. The molecule has 0 radical (unpaired) electrons. The molecular weight excluding hydrogens is 160 g/mol. The van der Waals surface area contributed by atoms with Crippen molar-refractivity contribution in [2.75, 3.05) is 13.1 Å². The normalized spacial score (nSPS) is 19.6. The lowest BCUT2D eigenvalue weighted by molar-refractivity contribution is 0.141. The van der Waals surface area contributed by atoms with Gasteiger partial charge in [0.05, 0.1) is 0 Å². The molecule has 0 unspecified atom stereocenters. The van der Waals surface area contributed by atoms with Crippen LogP contribution in [-0.4, -0.2) is 23.2 Å². The average molecular weight is 174 g/mol. The largest absolute Gasteiger partial charge is 0.375 e.